The third-order valence-corrected chi connectivity index (χ3v) is 2.64. The SMILES string of the molecule is C=C/C(=C\C=C\NC(C)=O)Cc1ccc(NC(C)=O)cc1. The van der Waals surface area contributed by atoms with Gasteiger partial charge in [0.05, 0.1) is 0 Å². The Labute approximate surface area is 125 Å². The van der Waals surface area contributed by atoms with E-state index >= 15 is 0 Å². The molecule has 0 spiro atoms. The van der Waals surface area contributed by atoms with E-state index in [9.17, 15) is 9.59 Å². The molecule has 0 aliphatic rings. The second-order valence-electron chi connectivity index (χ2n) is 4.56. The van der Waals surface area contributed by atoms with E-state index in [0.29, 0.717) is 0 Å². The van der Waals surface area contributed by atoms with Crippen LogP contribution in [0.25, 0.3) is 0 Å². The minimum Gasteiger partial charge on any atom is -0.333 e. The third kappa shape index (κ3) is 6.92. The minimum atomic E-state index is -0.103. The summed E-state index contributed by atoms with van der Waals surface area (Å²) in [6, 6.07) is 7.65. The molecule has 0 atom stereocenters. The zero-order chi connectivity index (χ0) is 15.7. The number of carbonyl (C=O) groups excluding carboxylic acids is 2. The number of allylic oxidation sites excluding steroid dienone is 4. The first kappa shape index (κ1) is 16.4. The predicted octanol–water partition coefficient (Wildman–Crippen LogP) is 2.95. The summed E-state index contributed by atoms with van der Waals surface area (Å²) >= 11 is 0. The molecule has 0 aromatic heterocycles. The summed E-state index contributed by atoms with van der Waals surface area (Å²) in [6.07, 6.45) is 7.76. The summed E-state index contributed by atoms with van der Waals surface area (Å²) in [6.45, 7) is 6.72. The van der Waals surface area contributed by atoms with Gasteiger partial charge in [0.1, 0.15) is 0 Å². The molecule has 4 nitrogen and oxygen atoms in total. The smallest absolute Gasteiger partial charge is 0.221 e. The van der Waals surface area contributed by atoms with E-state index in [1.165, 1.54) is 13.8 Å². The molecule has 0 aliphatic carbocycles. The van der Waals surface area contributed by atoms with E-state index < -0.39 is 0 Å². The van der Waals surface area contributed by atoms with Gasteiger partial charge in [-0.1, -0.05) is 30.9 Å². The Morgan fingerprint density at radius 2 is 1.81 bits per heavy atom. The van der Waals surface area contributed by atoms with Crippen LogP contribution >= 0.6 is 0 Å². The molecule has 21 heavy (non-hydrogen) atoms. The highest BCUT2D eigenvalue weighted by molar-refractivity contribution is 5.88. The van der Waals surface area contributed by atoms with E-state index in [4.69, 9.17) is 0 Å². The molecule has 1 aromatic carbocycles. The fourth-order valence-corrected chi connectivity index (χ4v) is 1.68. The Balaban J connectivity index is 2.66. The molecule has 110 valence electrons. The van der Waals surface area contributed by atoms with Gasteiger partial charge in [-0.3, -0.25) is 9.59 Å². The summed E-state index contributed by atoms with van der Waals surface area (Å²) in [5.41, 5.74) is 2.92. The van der Waals surface area contributed by atoms with Crippen molar-refractivity contribution in [2.75, 3.05) is 5.32 Å². The quantitative estimate of drug-likeness (QED) is 0.789. The number of nitrogens with one attached hydrogen (secondary N) is 2. The van der Waals surface area contributed by atoms with Gasteiger partial charge in [0.25, 0.3) is 0 Å². The molecular formula is C17H20N2O2. The van der Waals surface area contributed by atoms with E-state index in [2.05, 4.69) is 17.2 Å². The van der Waals surface area contributed by atoms with Gasteiger partial charge in [-0.2, -0.15) is 0 Å². The van der Waals surface area contributed by atoms with E-state index in [0.717, 1.165) is 23.2 Å². The average molecular weight is 284 g/mol. The van der Waals surface area contributed by atoms with Crippen LogP contribution in [0.3, 0.4) is 0 Å². The highest BCUT2D eigenvalue weighted by Crippen LogP contribution is 2.13. The molecule has 0 radical (unpaired) electrons. The van der Waals surface area contributed by atoms with Crippen molar-refractivity contribution >= 4 is 17.5 Å². The van der Waals surface area contributed by atoms with Gasteiger partial charge in [0, 0.05) is 25.7 Å². The van der Waals surface area contributed by atoms with Crippen molar-refractivity contribution in [3.05, 3.63) is 66.4 Å². The molecule has 1 aromatic rings. The number of anilines is 1. The monoisotopic (exact) mass is 284 g/mol. The molecule has 0 bridgehead atoms. The van der Waals surface area contributed by atoms with Crippen LogP contribution in [0.4, 0.5) is 5.69 Å². The zero-order valence-electron chi connectivity index (χ0n) is 12.3. The molecule has 0 saturated carbocycles. The molecular weight excluding hydrogens is 264 g/mol. The molecule has 0 fully saturated rings. The molecule has 0 saturated heterocycles. The molecule has 0 heterocycles. The van der Waals surface area contributed by atoms with Crippen molar-refractivity contribution in [3.8, 4) is 0 Å². The maximum Gasteiger partial charge on any atom is 0.221 e. The summed E-state index contributed by atoms with van der Waals surface area (Å²) in [7, 11) is 0. The highest BCUT2D eigenvalue weighted by Gasteiger charge is 1.98. The van der Waals surface area contributed by atoms with E-state index in [1.807, 2.05) is 30.3 Å². The first-order valence-corrected chi connectivity index (χ1v) is 6.63. The van der Waals surface area contributed by atoms with Crippen LogP contribution in [0.1, 0.15) is 19.4 Å². The summed E-state index contributed by atoms with van der Waals surface area (Å²) in [4.78, 5) is 21.7. The summed E-state index contributed by atoms with van der Waals surface area (Å²) in [5.74, 6) is -0.189. The topological polar surface area (TPSA) is 58.2 Å². The molecule has 2 amide bonds. The first-order valence-electron chi connectivity index (χ1n) is 6.63. The largest absolute Gasteiger partial charge is 0.333 e. The van der Waals surface area contributed by atoms with Gasteiger partial charge in [-0.05, 0) is 35.8 Å². The van der Waals surface area contributed by atoms with Crippen LogP contribution < -0.4 is 10.6 Å². The Hall–Kier alpha value is -2.62. The number of carbonyl (C=O) groups is 2. The van der Waals surface area contributed by atoms with Crippen molar-refractivity contribution < 1.29 is 9.59 Å². The molecule has 0 unspecified atom stereocenters. The minimum absolute atomic E-state index is 0.0856. The van der Waals surface area contributed by atoms with Crippen LogP contribution in [-0.4, -0.2) is 11.8 Å². The Morgan fingerprint density at radius 1 is 1.14 bits per heavy atom. The molecule has 1 rings (SSSR count). The molecule has 4 heteroatoms. The van der Waals surface area contributed by atoms with Crippen molar-refractivity contribution in [1.29, 1.82) is 0 Å². The maximum atomic E-state index is 10.9. The van der Waals surface area contributed by atoms with Crippen LogP contribution in [0, 0.1) is 0 Å². The van der Waals surface area contributed by atoms with Crippen molar-refractivity contribution in [3.63, 3.8) is 0 Å². The Morgan fingerprint density at radius 3 is 2.33 bits per heavy atom. The third-order valence-electron chi connectivity index (χ3n) is 2.64. The lowest BCUT2D eigenvalue weighted by Crippen LogP contribution is -2.10. The van der Waals surface area contributed by atoms with Gasteiger partial charge in [0.15, 0.2) is 0 Å². The fourth-order valence-electron chi connectivity index (χ4n) is 1.68. The van der Waals surface area contributed by atoms with E-state index in [-0.39, 0.29) is 11.8 Å². The lowest BCUT2D eigenvalue weighted by atomic mass is 10.0. The van der Waals surface area contributed by atoms with Crippen LogP contribution in [0.2, 0.25) is 0 Å². The Bertz CT molecular complexity index is 569. The van der Waals surface area contributed by atoms with Crippen molar-refractivity contribution in [2.45, 2.75) is 20.3 Å². The highest BCUT2D eigenvalue weighted by atomic mass is 16.1. The lowest BCUT2D eigenvalue weighted by molar-refractivity contribution is -0.118. The average Bonchev–Trinajstić information content (AvgIpc) is 2.43. The fraction of sp³-hybridized carbons (Fsp3) is 0.176. The number of hydrogen-bond donors (Lipinski definition) is 2. The maximum absolute atomic E-state index is 10.9. The second kappa shape index (κ2) is 8.53. The van der Waals surface area contributed by atoms with Crippen molar-refractivity contribution in [2.24, 2.45) is 0 Å². The number of benzene rings is 1. The second-order valence-corrected chi connectivity index (χ2v) is 4.56. The van der Waals surface area contributed by atoms with E-state index in [1.54, 1.807) is 18.4 Å². The van der Waals surface area contributed by atoms with Crippen molar-refractivity contribution in [1.82, 2.24) is 5.32 Å². The summed E-state index contributed by atoms with van der Waals surface area (Å²) in [5, 5.41) is 5.30. The van der Waals surface area contributed by atoms with Gasteiger partial charge >= 0.3 is 0 Å². The first-order chi connectivity index (χ1) is 10.0. The van der Waals surface area contributed by atoms with Gasteiger partial charge in [-0.25, -0.2) is 0 Å². The van der Waals surface area contributed by atoms with Crippen LogP contribution in [-0.2, 0) is 16.0 Å². The number of hydrogen-bond acceptors (Lipinski definition) is 2. The molecule has 2 N–H and O–H groups in total. The summed E-state index contributed by atoms with van der Waals surface area (Å²) < 4.78 is 0. The zero-order valence-corrected chi connectivity index (χ0v) is 12.3. The lowest BCUT2D eigenvalue weighted by Gasteiger charge is -2.05. The van der Waals surface area contributed by atoms with Gasteiger partial charge < -0.3 is 10.6 Å². The number of rotatable bonds is 6. The molecule has 0 aliphatic heterocycles. The number of amides is 2. The Kier molecular flexibility index (Phi) is 6.68. The van der Waals surface area contributed by atoms with Gasteiger partial charge in [0.2, 0.25) is 11.8 Å². The van der Waals surface area contributed by atoms with Gasteiger partial charge in [-0.15, -0.1) is 0 Å². The predicted molar refractivity (Wildman–Crippen MR) is 85.7 cm³/mol. The standard InChI is InChI=1S/C17H20N2O2/c1-4-15(6-5-11-18-13(2)20)12-16-7-9-17(10-8-16)19-14(3)21/h4-11H,1,12H2,2-3H3,(H,18,20)(H,19,21)/b11-5+,15-6+. The normalized spacial score (nSPS) is 11.2. The van der Waals surface area contributed by atoms with Crippen LogP contribution in [0.15, 0.2) is 60.8 Å². The van der Waals surface area contributed by atoms with Crippen LogP contribution in [0.5, 0.6) is 0 Å².